The van der Waals surface area contributed by atoms with Crippen molar-refractivity contribution in [2.45, 2.75) is 16.7 Å². The minimum absolute atomic E-state index is 0.0712. The number of aromatic nitrogens is 2. The van der Waals surface area contributed by atoms with Gasteiger partial charge in [0.05, 0.1) is 33.7 Å². The van der Waals surface area contributed by atoms with Crippen LogP contribution in [0, 0.1) is 0 Å². The molecule has 0 bridgehead atoms. The molecule has 44 heavy (non-hydrogen) atoms. The predicted molar refractivity (Wildman–Crippen MR) is 182 cm³/mol. The van der Waals surface area contributed by atoms with Crippen molar-refractivity contribution in [2.24, 2.45) is 5.10 Å². The van der Waals surface area contributed by atoms with Gasteiger partial charge in [0.2, 0.25) is 0 Å². The summed E-state index contributed by atoms with van der Waals surface area (Å²) in [5.74, 6) is -0.193. The third-order valence-corrected chi connectivity index (χ3v) is 9.53. The van der Waals surface area contributed by atoms with Crippen molar-refractivity contribution in [1.29, 1.82) is 0 Å². The molecule has 7 aromatic rings. The van der Waals surface area contributed by atoms with Crippen LogP contribution in [0.1, 0.15) is 6.92 Å². The van der Waals surface area contributed by atoms with Crippen molar-refractivity contribution >= 4 is 88.9 Å². The second kappa shape index (κ2) is 10.3. The fourth-order valence-corrected chi connectivity index (χ4v) is 7.05. The molecule has 0 atom stereocenters. The third-order valence-electron chi connectivity index (χ3n) is 7.85. The molecular weight excluding hydrogens is 634 g/mol. The summed E-state index contributed by atoms with van der Waals surface area (Å²) in [6.45, 7) is 1.83. The van der Waals surface area contributed by atoms with Gasteiger partial charge >= 0.3 is 0 Å². The first-order chi connectivity index (χ1) is 21.5. The zero-order valence-electron chi connectivity index (χ0n) is 23.3. The average Bonchev–Trinajstić information content (AvgIpc) is 3.57. The first-order valence-corrected chi connectivity index (χ1v) is 15.6. The maximum Gasteiger partial charge on any atom is 0.282 e. The van der Waals surface area contributed by atoms with Crippen LogP contribution in [0.3, 0.4) is 0 Å². The standard InChI is InChI=1S/C35H22BrN5O2S/c1-20-26(35(43)41(39-20)22-15-13-21(36)14-16-22)19-37-28-10-3-5-12-31(28)44-30-18-17-24-32-23(30)7-6-8-25(32)34(42)40-29-11-4-2-9-27(29)38-33(24)40/h2-19,37H,1H3/b26-19+. The summed E-state index contributed by atoms with van der Waals surface area (Å²) < 4.78 is 2.65. The van der Waals surface area contributed by atoms with Crippen LogP contribution in [0.2, 0.25) is 0 Å². The van der Waals surface area contributed by atoms with Crippen molar-refractivity contribution in [3.05, 3.63) is 130 Å². The van der Waals surface area contributed by atoms with Gasteiger partial charge in [-0.3, -0.25) is 14.0 Å². The van der Waals surface area contributed by atoms with Gasteiger partial charge in [-0.1, -0.05) is 64.1 Å². The van der Waals surface area contributed by atoms with Crippen LogP contribution >= 0.6 is 27.7 Å². The van der Waals surface area contributed by atoms with Crippen LogP contribution in [-0.4, -0.2) is 21.0 Å². The number of imidazole rings is 1. The highest BCUT2D eigenvalue weighted by molar-refractivity contribution is 9.10. The summed E-state index contributed by atoms with van der Waals surface area (Å²) in [4.78, 5) is 33.8. The molecule has 0 fully saturated rings. The maximum atomic E-state index is 13.7. The smallest absolute Gasteiger partial charge is 0.282 e. The Morgan fingerprint density at radius 2 is 1.57 bits per heavy atom. The summed E-state index contributed by atoms with van der Waals surface area (Å²) in [5, 5.41) is 12.8. The van der Waals surface area contributed by atoms with Crippen LogP contribution in [0.5, 0.6) is 0 Å². The zero-order chi connectivity index (χ0) is 29.9. The Bertz CT molecular complexity index is 2420. The second-order valence-corrected chi connectivity index (χ2v) is 12.5. The molecule has 212 valence electrons. The number of rotatable bonds is 5. The molecule has 9 heteroatoms. The molecule has 0 radical (unpaired) electrons. The molecule has 1 aliphatic heterocycles. The topological polar surface area (TPSA) is 79.1 Å². The number of carbonyl (C=O) groups is 1. The minimum Gasteiger partial charge on any atom is -0.360 e. The summed E-state index contributed by atoms with van der Waals surface area (Å²) in [7, 11) is 0. The van der Waals surface area contributed by atoms with E-state index in [0.717, 1.165) is 47.1 Å². The molecule has 0 saturated carbocycles. The van der Waals surface area contributed by atoms with E-state index in [9.17, 15) is 9.59 Å². The molecule has 7 nitrogen and oxygen atoms in total. The SMILES string of the molecule is CC1=NN(c2ccc(Br)cc2)C(=O)/C1=C/Nc1ccccc1Sc1ccc2c3c1cccc3c(=O)n1c3ccccc3nc21. The lowest BCUT2D eigenvalue weighted by Gasteiger charge is -2.14. The Kier molecular flexibility index (Phi) is 6.25. The summed E-state index contributed by atoms with van der Waals surface area (Å²) in [6.07, 6.45) is 1.72. The van der Waals surface area contributed by atoms with Gasteiger partial charge in [-0.25, -0.2) is 4.98 Å². The van der Waals surface area contributed by atoms with E-state index in [-0.39, 0.29) is 11.5 Å². The number of pyridine rings is 1. The van der Waals surface area contributed by atoms with Gasteiger partial charge in [0, 0.05) is 36.6 Å². The fourth-order valence-electron chi connectivity index (χ4n) is 5.75. The number of hydrazone groups is 1. The van der Waals surface area contributed by atoms with E-state index < -0.39 is 0 Å². The monoisotopic (exact) mass is 655 g/mol. The Balaban J connectivity index is 1.16. The minimum atomic E-state index is -0.193. The number of para-hydroxylation sites is 3. The van der Waals surface area contributed by atoms with Crippen LogP contribution in [0.25, 0.3) is 38.2 Å². The highest BCUT2D eigenvalue weighted by atomic mass is 79.9. The summed E-state index contributed by atoms with van der Waals surface area (Å²) >= 11 is 5.04. The van der Waals surface area contributed by atoms with Gasteiger partial charge in [-0.05, 0) is 79.0 Å². The van der Waals surface area contributed by atoms with E-state index in [1.165, 1.54) is 5.01 Å². The molecular formula is C35H22BrN5O2S. The number of hydrogen-bond acceptors (Lipinski definition) is 6. The van der Waals surface area contributed by atoms with E-state index in [4.69, 9.17) is 4.98 Å². The summed E-state index contributed by atoms with van der Waals surface area (Å²) in [6, 6.07) is 33.2. The first kappa shape index (κ1) is 26.6. The molecule has 0 unspecified atom stereocenters. The molecule has 8 rings (SSSR count). The second-order valence-electron chi connectivity index (χ2n) is 10.5. The number of amides is 1. The normalized spacial score (nSPS) is 14.5. The number of benzene rings is 5. The molecule has 5 aromatic carbocycles. The van der Waals surface area contributed by atoms with Crippen molar-refractivity contribution in [3.63, 3.8) is 0 Å². The zero-order valence-corrected chi connectivity index (χ0v) is 25.7. The predicted octanol–water partition coefficient (Wildman–Crippen LogP) is 8.22. The molecule has 0 spiro atoms. The Morgan fingerprint density at radius 3 is 2.43 bits per heavy atom. The highest BCUT2D eigenvalue weighted by Gasteiger charge is 2.29. The number of hydrogen-bond donors (Lipinski definition) is 1. The largest absolute Gasteiger partial charge is 0.360 e. The van der Waals surface area contributed by atoms with Crippen molar-refractivity contribution < 1.29 is 4.79 Å². The maximum absolute atomic E-state index is 13.7. The van der Waals surface area contributed by atoms with Crippen molar-refractivity contribution in [3.8, 4) is 0 Å². The average molecular weight is 657 g/mol. The Morgan fingerprint density at radius 1 is 0.795 bits per heavy atom. The molecule has 1 amide bonds. The fraction of sp³-hybridized carbons (Fsp3) is 0.0286. The number of carbonyl (C=O) groups excluding carboxylic acids is 1. The molecule has 1 N–H and O–H groups in total. The van der Waals surface area contributed by atoms with Crippen molar-refractivity contribution in [1.82, 2.24) is 9.38 Å². The Labute approximate surface area is 264 Å². The number of nitrogens with one attached hydrogen (secondary N) is 1. The van der Waals surface area contributed by atoms with Gasteiger partial charge in [0.15, 0.2) is 0 Å². The quantitative estimate of drug-likeness (QED) is 0.189. The lowest BCUT2D eigenvalue weighted by molar-refractivity contribution is -0.114. The van der Waals surface area contributed by atoms with Gasteiger partial charge in [0.25, 0.3) is 11.5 Å². The van der Waals surface area contributed by atoms with Gasteiger partial charge in [0.1, 0.15) is 5.65 Å². The van der Waals surface area contributed by atoms with Crippen LogP contribution in [-0.2, 0) is 4.79 Å². The lowest BCUT2D eigenvalue weighted by atomic mass is 10.0. The van der Waals surface area contributed by atoms with Crippen LogP contribution in [0.4, 0.5) is 11.4 Å². The van der Waals surface area contributed by atoms with Crippen molar-refractivity contribution in [2.75, 3.05) is 10.3 Å². The lowest BCUT2D eigenvalue weighted by Crippen LogP contribution is -2.21. The summed E-state index contributed by atoms with van der Waals surface area (Å²) in [5.41, 5.74) is 4.89. The van der Waals surface area contributed by atoms with E-state index in [2.05, 4.69) is 44.5 Å². The Hall–Kier alpha value is -4.99. The van der Waals surface area contributed by atoms with Crippen LogP contribution < -0.4 is 15.9 Å². The molecule has 3 heterocycles. The molecule has 0 aliphatic carbocycles. The van der Waals surface area contributed by atoms with Gasteiger partial charge < -0.3 is 5.32 Å². The third kappa shape index (κ3) is 4.19. The van der Waals surface area contributed by atoms with E-state index in [1.54, 1.807) is 22.4 Å². The van der Waals surface area contributed by atoms with Crippen LogP contribution in [0.15, 0.2) is 139 Å². The van der Waals surface area contributed by atoms with Gasteiger partial charge in [-0.2, -0.15) is 10.1 Å². The first-order valence-electron chi connectivity index (χ1n) is 14.0. The molecule has 1 aliphatic rings. The highest BCUT2D eigenvalue weighted by Crippen LogP contribution is 2.41. The number of nitrogens with zero attached hydrogens (tertiary/aromatic N) is 4. The van der Waals surface area contributed by atoms with Gasteiger partial charge in [-0.15, -0.1) is 0 Å². The van der Waals surface area contributed by atoms with E-state index >= 15 is 0 Å². The number of anilines is 2. The molecule has 2 aromatic heterocycles. The van der Waals surface area contributed by atoms with E-state index in [0.29, 0.717) is 28.0 Å². The number of halogens is 1. The van der Waals surface area contributed by atoms with E-state index in [1.807, 2.05) is 91.9 Å². The number of fused-ring (bicyclic) bond motifs is 4. The molecule has 0 saturated heterocycles.